The molecule has 1 aliphatic heterocycles. The average Bonchev–Trinajstić information content (AvgIpc) is 2.69. The second-order valence-electron chi connectivity index (χ2n) is 5.55. The molecule has 0 saturated carbocycles. The van der Waals surface area contributed by atoms with Crippen LogP contribution >= 0.6 is 36.2 Å². The van der Waals surface area contributed by atoms with Crippen molar-refractivity contribution in [1.82, 2.24) is 9.88 Å². The Morgan fingerprint density at radius 3 is 2.67 bits per heavy atom. The van der Waals surface area contributed by atoms with Gasteiger partial charge in [0.15, 0.2) is 0 Å². The molecule has 0 aliphatic carbocycles. The molecule has 7 heteroatoms. The van der Waals surface area contributed by atoms with E-state index in [4.69, 9.17) is 5.73 Å². The number of aromatic nitrogens is 1. The van der Waals surface area contributed by atoms with Crippen molar-refractivity contribution in [2.24, 2.45) is 5.73 Å². The van der Waals surface area contributed by atoms with Gasteiger partial charge in [-0.3, -0.25) is 4.79 Å². The van der Waals surface area contributed by atoms with Crippen LogP contribution in [0.1, 0.15) is 47.7 Å². The molecule has 2 heterocycles. The Labute approximate surface area is 143 Å². The third kappa shape index (κ3) is 5.40. The van der Waals surface area contributed by atoms with Gasteiger partial charge in [-0.2, -0.15) is 0 Å². The van der Waals surface area contributed by atoms with Crippen molar-refractivity contribution >= 4 is 42.1 Å². The summed E-state index contributed by atoms with van der Waals surface area (Å²) >= 11 is 1.77. The highest BCUT2D eigenvalue weighted by molar-refractivity contribution is 7.11. The molecule has 1 aliphatic rings. The number of hydrogen-bond acceptors (Lipinski definition) is 4. The minimum absolute atomic E-state index is 0. The van der Waals surface area contributed by atoms with Crippen LogP contribution in [0.2, 0.25) is 0 Å². The lowest BCUT2D eigenvalue weighted by molar-refractivity contribution is -0.132. The van der Waals surface area contributed by atoms with E-state index in [-0.39, 0.29) is 36.8 Å². The lowest BCUT2D eigenvalue weighted by Gasteiger charge is -2.32. The Morgan fingerprint density at radius 2 is 2.14 bits per heavy atom. The van der Waals surface area contributed by atoms with Gasteiger partial charge in [-0.05, 0) is 33.6 Å². The second-order valence-corrected chi connectivity index (χ2v) is 6.79. The molecule has 4 nitrogen and oxygen atoms in total. The van der Waals surface area contributed by atoms with E-state index in [0.29, 0.717) is 12.3 Å². The Morgan fingerprint density at radius 1 is 1.48 bits per heavy atom. The number of piperidine rings is 1. The van der Waals surface area contributed by atoms with Gasteiger partial charge < -0.3 is 10.6 Å². The van der Waals surface area contributed by atoms with Crippen LogP contribution in [-0.2, 0) is 4.79 Å². The predicted octanol–water partition coefficient (Wildman–Crippen LogP) is 3.05. The van der Waals surface area contributed by atoms with Crippen LogP contribution in [0, 0.1) is 13.8 Å². The molecule has 0 bridgehead atoms. The van der Waals surface area contributed by atoms with E-state index < -0.39 is 0 Å². The van der Waals surface area contributed by atoms with Gasteiger partial charge in [-0.15, -0.1) is 36.2 Å². The van der Waals surface area contributed by atoms with E-state index in [1.807, 2.05) is 11.8 Å². The first-order valence-corrected chi connectivity index (χ1v) is 7.76. The lowest BCUT2D eigenvalue weighted by Crippen LogP contribution is -2.41. The second kappa shape index (κ2) is 8.93. The Kier molecular flexibility index (Phi) is 8.78. The van der Waals surface area contributed by atoms with Crippen LogP contribution in [0.3, 0.4) is 0 Å². The number of carbonyl (C=O) groups is 1. The summed E-state index contributed by atoms with van der Waals surface area (Å²) in [5.41, 5.74) is 6.84. The summed E-state index contributed by atoms with van der Waals surface area (Å²) in [4.78, 5) is 20.0. The summed E-state index contributed by atoms with van der Waals surface area (Å²) in [6.45, 7) is 7.71. The zero-order valence-corrected chi connectivity index (χ0v) is 15.2. The fourth-order valence-electron chi connectivity index (χ4n) is 2.48. The molecule has 2 rings (SSSR count). The number of rotatable bonds is 3. The molecule has 0 spiro atoms. The van der Waals surface area contributed by atoms with Crippen molar-refractivity contribution in [3.63, 3.8) is 0 Å². The van der Waals surface area contributed by atoms with E-state index in [0.717, 1.165) is 31.6 Å². The van der Waals surface area contributed by atoms with Crippen molar-refractivity contribution < 1.29 is 4.79 Å². The maximum Gasteiger partial charge on any atom is 0.224 e. The van der Waals surface area contributed by atoms with E-state index in [1.165, 1.54) is 9.88 Å². The molecule has 2 unspecified atom stereocenters. The topological polar surface area (TPSA) is 59.2 Å². The predicted molar refractivity (Wildman–Crippen MR) is 92.9 cm³/mol. The molecule has 0 aromatic carbocycles. The highest BCUT2D eigenvalue weighted by Crippen LogP contribution is 2.31. The first kappa shape index (κ1) is 20.6. The maximum absolute atomic E-state index is 12.1. The molecule has 1 aromatic rings. The van der Waals surface area contributed by atoms with Crippen LogP contribution in [0.4, 0.5) is 0 Å². The molecule has 0 radical (unpaired) electrons. The largest absolute Gasteiger partial charge is 0.342 e. The molecule has 21 heavy (non-hydrogen) atoms. The van der Waals surface area contributed by atoms with E-state index in [1.54, 1.807) is 11.3 Å². The molecular formula is C14H25Cl2N3OS. The van der Waals surface area contributed by atoms with Gasteiger partial charge >= 0.3 is 0 Å². The number of nitrogens with zero attached hydrogens (tertiary/aromatic N) is 2. The molecule has 2 N–H and O–H groups in total. The van der Waals surface area contributed by atoms with Crippen LogP contribution < -0.4 is 5.73 Å². The minimum atomic E-state index is -0.0581. The van der Waals surface area contributed by atoms with Gasteiger partial charge in [0.2, 0.25) is 5.91 Å². The van der Waals surface area contributed by atoms with Crippen molar-refractivity contribution in [3.05, 3.63) is 15.6 Å². The molecule has 2 atom stereocenters. The van der Waals surface area contributed by atoms with E-state index in [2.05, 4.69) is 18.8 Å². The fraction of sp³-hybridized carbons (Fsp3) is 0.714. The van der Waals surface area contributed by atoms with Crippen molar-refractivity contribution in [1.29, 1.82) is 0 Å². The Balaban J connectivity index is 0.00000200. The molecule has 1 aromatic heterocycles. The Bertz CT molecular complexity index is 446. The number of nitrogens with two attached hydrogens (primary N) is 1. The molecule has 1 saturated heterocycles. The number of amides is 1. The Hall–Kier alpha value is -0.360. The molecule has 1 amide bonds. The number of hydrogen-bond donors (Lipinski definition) is 1. The summed E-state index contributed by atoms with van der Waals surface area (Å²) in [7, 11) is 0. The first-order chi connectivity index (χ1) is 8.97. The van der Waals surface area contributed by atoms with Gasteiger partial charge in [-0.25, -0.2) is 4.98 Å². The molecule has 1 fully saturated rings. The van der Waals surface area contributed by atoms with E-state index in [9.17, 15) is 4.79 Å². The number of thiazole rings is 1. The van der Waals surface area contributed by atoms with Gasteiger partial charge in [0.25, 0.3) is 0 Å². The van der Waals surface area contributed by atoms with Crippen molar-refractivity contribution in [2.45, 2.75) is 52.0 Å². The maximum atomic E-state index is 12.1. The number of aryl methyl sites for hydroxylation is 2. The summed E-state index contributed by atoms with van der Waals surface area (Å²) in [6, 6.07) is -0.0581. The SMILES string of the molecule is Cc1nc(C2CCCN(C(=O)CC(C)N)C2)sc1C.Cl.Cl. The van der Waals surface area contributed by atoms with Gasteiger partial charge in [0, 0.05) is 36.3 Å². The number of carbonyl (C=O) groups excluding carboxylic acids is 1. The highest BCUT2D eigenvalue weighted by atomic mass is 35.5. The fourth-order valence-corrected chi connectivity index (χ4v) is 3.53. The van der Waals surface area contributed by atoms with Crippen molar-refractivity contribution in [3.8, 4) is 0 Å². The summed E-state index contributed by atoms with van der Waals surface area (Å²) < 4.78 is 0. The monoisotopic (exact) mass is 353 g/mol. The minimum Gasteiger partial charge on any atom is -0.342 e. The van der Waals surface area contributed by atoms with Gasteiger partial charge in [0.1, 0.15) is 0 Å². The smallest absolute Gasteiger partial charge is 0.224 e. The number of likely N-dealkylation sites (tertiary alicyclic amines) is 1. The van der Waals surface area contributed by atoms with Crippen LogP contribution in [0.25, 0.3) is 0 Å². The lowest BCUT2D eigenvalue weighted by atomic mass is 9.98. The molecule has 122 valence electrons. The normalized spacial score (nSPS) is 19.4. The van der Waals surface area contributed by atoms with Gasteiger partial charge in [0.05, 0.1) is 10.7 Å². The quantitative estimate of drug-likeness (QED) is 0.908. The summed E-state index contributed by atoms with van der Waals surface area (Å²) in [5.74, 6) is 0.591. The average molecular weight is 354 g/mol. The summed E-state index contributed by atoms with van der Waals surface area (Å²) in [5, 5.41) is 1.19. The molecular weight excluding hydrogens is 329 g/mol. The third-order valence-electron chi connectivity index (χ3n) is 3.67. The van der Waals surface area contributed by atoms with E-state index >= 15 is 0 Å². The third-order valence-corrected chi connectivity index (χ3v) is 4.90. The van der Waals surface area contributed by atoms with Crippen LogP contribution in [0.15, 0.2) is 0 Å². The van der Waals surface area contributed by atoms with Crippen LogP contribution in [0.5, 0.6) is 0 Å². The highest BCUT2D eigenvalue weighted by Gasteiger charge is 2.27. The standard InChI is InChI=1S/C14H23N3OS.2ClH/c1-9(15)7-13(18)17-6-4-5-12(8-17)14-16-10(2)11(3)19-14;;/h9,12H,4-8,15H2,1-3H3;2*1H. The zero-order chi connectivity index (χ0) is 14.0. The van der Waals surface area contributed by atoms with Crippen LogP contribution in [-0.4, -0.2) is 34.9 Å². The number of halogens is 2. The van der Waals surface area contributed by atoms with Crippen molar-refractivity contribution in [2.75, 3.05) is 13.1 Å². The van der Waals surface area contributed by atoms with Gasteiger partial charge in [-0.1, -0.05) is 0 Å². The summed E-state index contributed by atoms with van der Waals surface area (Å²) in [6.07, 6.45) is 2.64. The zero-order valence-electron chi connectivity index (χ0n) is 12.8. The first-order valence-electron chi connectivity index (χ1n) is 6.94.